The van der Waals surface area contributed by atoms with Gasteiger partial charge in [-0.25, -0.2) is 4.98 Å². The molecule has 1 aliphatic rings. The Morgan fingerprint density at radius 2 is 1.85 bits per heavy atom. The molecule has 138 valence electrons. The lowest BCUT2D eigenvalue weighted by Crippen LogP contribution is -2.35. The second-order valence-corrected chi connectivity index (χ2v) is 6.86. The Labute approximate surface area is 153 Å². The number of likely N-dealkylation sites (tertiary alicyclic amines) is 1. The Balaban J connectivity index is 1.82. The van der Waals surface area contributed by atoms with Crippen molar-refractivity contribution in [1.82, 2.24) is 19.8 Å². The second-order valence-electron chi connectivity index (χ2n) is 6.86. The fourth-order valence-electron chi connectivity index (χ4n) is 3.30. The monoisotopic (exact) mass is 354 g/mol. The van der Waals surface area contributed by atoms with Gasteiger partial charge in [0.05, 0.1) is 17.6 Å². The van der Waals surface area contributed by atoms with E-state index < -0.39 is 0 Å². The van der Waals surface area contributed by atoms with E-state index in [1.165, 1.54) is 12.8 Å². The maximum Gasteiger partial charge on any atom is 0.246 e. The molecule has 2 aromatic rings. The van der Waals surface area contributed by atoms with Crippen LogP contribution in [0.5, 0.6) is 0 Å². The smallest absolute Gasteiger partial charge is 0.246 e. The molecule has 0 spiro atoms. The van der Waals surface area contributed by atoms with Gasteiger partial charge in [0.1, 0.15) is 12.4 Å². The second kappa shape index (κ2) is 8.17. The van der Waals surface area contributed by atoms with E-state index in [-0.39, 0.29) is 24.9 Å². The summed E-state index contributed by atoms with van der Waals surface area (Å²) in [6.07, 6.45) is 4.52. The van der Waals surface area contributed by atoms with Crippen molar-refractivity contribution in [3.8, 4) is 0 Å². The van der Waals surface area contributed by atoms with Gasteiger partial charge in [-0.15, -0.1) is 0 Å². The number of hydrogen-bond acceptors (Lipinski definition) is 3. The fraction of sp³-hybridized carbons (Fsp3) is 0.450. The van der Waals surface area contributed by atoms with Crippen LogP contribution < -0.4 is 5.32 Å². The molecular formula is C20H26N4O2. The number of rotatable bonds is 5. The molecule has 0 unspecified atom stereocenters. The van der Waals surface area contributed by atoms with Crippen LogP contribution in [-0.2, 0) is 22.7 Å². The molecule has 26 heavy (non-hydrogen) atoms. The number of carbonyl (C=O) groups is 2. The van der Waals surface area contributed by atoms with Gasteiger partial charge in [0.15, 0.2) is 0 Å². The van der Waals surface area contributed by atoms with Crippen LogP contribution in [0.1, 0.15) is 38.4 Å². The van der Waals surface area contributed by atoms with Crippen molar-refractivity contribution in [3.05, 3.63) is 42.2 Å². The van der Waals surface area contributed by atoms with Crippen LogP contribution >= 0.6 is 0 Å². The van der Waals surface area contributed by atoms with E-state index in [0.717, 1.165) is 37.0 Å². The molecule has 2 amide bonds. The zero-order chi connectivity index (χ0) is 18.5. The summed E-state index contributed by atoms with van der Waals surface area (Å²) < 4.78 is 1.92. The molecule has 1 fully saturated rings. The highest BCUT2D eigenvalue weighted by Crippen LogP contribution is 2.17. The number of para-hydroxylation sites is 2. The highest BCUT2D eigenvalue weighted by Gasteiger charge is 2.19. The first kappa shape index (κ1) is 18.2. The van der Waals surface area contributed by atoms with Crippen molar-refractivity contribution in [2.45, 2.75) is 45.7 Å². The lowest BCUT2D eigenvalue weighted by Gasteiger charge is -2.21. The lowest BCUT2D eigenvalue weighted by atomic mass is 10.2. The van der Waals surface area contributed by atoms with Crippen LogP contribution in [0.15, 0.2) is 36.4 Å². The zero-order valence-electron chi connectivity index (χ0n) is 15.3. The number of nitrogens with one attached hydrogen (secondary N) is 1. The molecule has 1 aliphatic heterocycles. The third-order valence-corrected chi connectivity index (χ3v) is 4.78. The van der Waals surface area contributed by atoms with Crippen molar-refractivity contribution >= 4 is 22.8 Å². The fourth-order valence-corrected chi connectivity index (χ4v) is 3.30. The maximum atomic E-state index is 12.8. The average Bonchev–Trinajstić information content (AvgIpc) is 2.81. The Hall–Kier alpha value is -2.63. The predicted molar refractivity (Wildman–Crippen MR) is 101 cm³/mol. The number of amides is 2. The van der Waals surface area contributed by atoms with Crippen molar-refractivity contribution in [2.24, 2.45) is 0 Å². The van der Waals surface area contributed by atoms with Crippen LogP contribution in [0, 0.1) is 0 Å². The number of carbonyl (C=O) groups excluding carboxylic acids is 2. The molecule has 6 heteroatoms. The number of aromatic nitrogens is 2. The molecule has 0 radical (unpaired) electrons. The molecule has 0 atom stereocenters. The largest absolute Gasteiger partial charge is 0.345 e. The summed E-state index contributed by atoms with van der Waals surface area (Å²) >= 11 is 0. The Bertz CT molecular complexity index is 816. The molecule has 1 N–H and O–H groups in total. The molecule has 6 nitrogen and oxygen atoms in total. The van der Waals surface area contributed by atoms with Crippen LogP contribution in [0.3, 0.4) is 0 Å². The van der Waals surface area contributed by atoms with Crippen LogP contribution in [-0.4, -0.2) is 39.4 Å². The summed E-state index contributed by atoms with van der Waals surface area (Å²) in [5.74, 6) is 0.592. The first-order valence-electron chi connectivity index (χ1n) is 9.22. The molecular weight excluding hydrogens is 328 g/mol. The molecule has 3 rings (SSSR count). The van der Waals surface area contributed by atoms with Crippen molar-refractivity contribution in [2.75, 3.05) is 13.1 Å². The lowest BCUT2D eigenvalue weighted by molar-refractivity contribution is -0.131. The van der Waals surface area contributed by atoms with Crippen LogP contribution in [0.4, 0.5) is 0 Å². The van der Waals surface area contributed by atoms with E-state index in [1.807, 2.05) is 33.7 Å². The van der Waals surface area contributed by atoms with E-state index >= 15 is 0 Å². The van der Waals surface area contributed by atoms with Gasteiger partial charge in [-0.05, 0) is 31.9 Å². The molecule has 1 saturated heterocycles. The van der Waals surface area contributed by atoms with Crippen molar-refractivity contribution in [1.29, 1.82) is 0 Å². The molecule has 1 aromatic heterocycles. The average molecular weight is 354 g/mol. The summed E-state index contributed by atoms with van der Waals surface area (Å²) in [6.45, 7) is 7.49. The van der Waals surface area contributed by atoms with Crippen molar-refractivity contribution < 1.29 is 9.59 Å². The van der Waals surface area contributed by atoms with E-state index in [4.69, 9.17) is 0 Å². The minimum atomic E-state index is -0.206. The normalized spacial score (nSPS) is 14.9. The molecule has 0 aliphatic carbocycles. The quantitative estimate of drug-likeness (QED) is 0.840. The number of hydrogen-bond donors (Lipinski definition) is 1. The standard InChI is InChI=1S/C20H26N4O2/c1-15(2)20(26)21-13-18-22-16-9-5-6-10-17(16)24(18)14-19(25)23-11-7-3-4-8-12-23/h5-6,9-10H,1,3-4,7-8,11-14H2,2H3,(H,21,26). The minimum Gasteiger partial charge on any atom is -0.345 e. The highest BCUT2D eigenvalue weighted by molar-refractivity contribution is 5.92. The Kier molecular flexibility index (Phi) is 5.71. The third-order valence-electron chi connectivity index (χ3n) is 4.78. The number of fused-ring (bicyclic) bond motifs is 1. The van der Waals surface area contributed by atoms with Gasteiger partial charge in [-0.2, -0.15) is 0 Å². The van der Waals surface area contributed by atoms with Crippen LogP contribution in [0.2, 0.25) is 0 Å². The Morgan fingerprint density at radius 3 is 2.54 bits per heavy atom. The minimum absolute atomic E-state index is 0.113. The predicted octanol–water partition coefficient (Wildman–Crippen LogP) is 2.63. The van der Waals surface area contributed by atoms with Gasteiger partial charge in [-0.3, -0.25) is 9.59 Å². The number of nitrogens with zero attached hydrogens (tertiary/aromatic N) is 3. The number of imidazole rings is 1. The molecule has 0 saturated carbocycles. The summed E-state index contributed by atoms with van der Waals surface area (Å²) in [7, 11) is 0. The number of benzene rings is 1. The van der Waals surface area contributed by atoms with E-state index in [1.54, 1.807) is 6.92 Å². The Morgan fingerprint density at radius 1 is 1.15 bits per heavy atom. The SMILES string of the molecule is C=C(C)C(=O)NCc1nc2ccccc2n1CC(=O)N1CCCCCC1. The van der Waals surface area contributed by atoms with E-state index in [9.17, 15) is 9.59 Å². The zero-order valence-corrected chi connectivity index (χ0v) is 15.3. The van der Waals surface area contributed by atoms with Gasteiger partial charge < -0.3 is 14.8 Å². The van der Waals surface area contributed by atoms with Crippen molar-refractivity contribution in [3.63, 3.8) is 0 Å². The van der Waals surface area contributed by atoms with Gasteiger partial charge >= 0.3 is 0 Å². The van der Waals surface area contributed by atoms with Gasteiger partial charge in [-0.1, -0.05) is 31.6 Å². The highest BCUT2D eigenvalue weighted by atomic mass is 16.2. The first-order chi connectivity index (χ1) is 12.6. The summed E-state index contributed by atoms with van der Waals surface area (Å²) in [5.41, 5.74) is 2.19. The maximum absolute atomic E-state index is 12.8. The third kappa shape index (κ3) is 4.12. The molecule has 0 bridgehead atoms. The summed E-state index contributed by atoms with van der Waals surface area (Å²) in [4.78, 5) is 31.2. The molecule has 1 aromatic carbocycles. The summed E-state index contributed by atoms with van der Waals surface area (Å²) in [5, 5.41) is 2.82. The van der Waals surface area contributed by atoms with Gasteiger partial charge in [0.25, 0.3) is 0 Å². The first-order valence-corrected chi connectivity index (χ1v) is 9.22. The molecule has 2 heterocycles. The van der Waals surface area contributed by atoms with E-state index in [2.05, 4.69) is 16.9 Å². The van der Waals surface area contributed by atoms with E-state index in [0.29, 0.717) is 11.4 Å². The van der Waals surface area contributed by atoms with Gasteiger partial charge in [0, 0.05) is 18.7 Å². The van der Waals surface area contributed by atoms with Gasteiger partial charge in [0.2, 0.25) is 11.8 Å². The topological polar surface area (TPSA) is 67.2 Å². The van der Waals surface area contributed by atoms with Crippen LogP contribution in [0.25, 0.3) is 11.0 Å². The summed E-state index contributed by atoms with van der Waals surface area (Å²) in [6, 6.07) is 7.74.